The lowest BCUT2D eigenvalue weighted by Crippen LogP contribution is -2.47. The van der Waals surface area contributed by atoms with Crippen molar-refractivity contribution in [1.82, 2.24) is 4.90 Å². The van der Waals surface area contributed by atoms with Crippen molar-refractivity contribution in [2.45, 2.75) is 26.1 Å². The minimum absolute atomic E-state index is 0.145. The largest absolute Gasteiger partial charge is 0.497 e. The normalized spacial score (nSPS) is 26.6. The number of carbonyl (C=O) groups excluding carboxylic acids is 1. The number of amidine groups is 1. The molecule has 1 fully saturated rings. The molecular weight excluding hydrogens is 312 g/mol. The van der Waals surface area contributed by atoms with E-state index in [0.717, 1.165) is 29.6 Å². The fraction of sp³-hybridized carbons (Fsp3) is 0.412. The average molecular weight is 332 g/mol. The summed E-state index contributed by atoms with van der Waals surface area (Å²) in [5, 5.41) is 0.775. The van der Waals surface area contributed by atoms with Crippen LogP contribution in [0.3, 0.4) is 0 Å². The summed E-state index contributed by atoms with van der Waals surface area (Å²) < 4.78 is 10.9. The van der Waals surface area contributed by atoms with Crippen molar-refractivity contribution in [2.24, 2.45) is 4.99 Å². The number of thioether (sulfide) groups is 1. The first-order valence-corrected chi connectivity index (χ1v) is 8.44. The highest BCUT2D eigenvalue weighted by Gasteiger charge is 2.30. The van der Waals surface area contributed by atoms with Crippen molar-refractivity contribution >= 4 is 28.9 Å². The van der Waals surface area contributed by atoms with E-state index in [1.165, 1.54) is 11.8 Å². The van der Waals surface area contributed by atoms with Crippen LogP contribution in [-0.2, 0) is 9.53 Å². The van der Waals surface area contributed by atoms with Gasteiger partial charge in [0.05, 0.1) is 24.2 Å². The maximum Gasteiger partial charge on any atom is 0.286 e. The summed E-state index contributed by atoms with van der Waals surface area (Å²) in [5.74, 6) is 0.624. The first-order valence-electron chi connectivity index (χ1n) is 7.62. The van der Waals surface area contributed by atoms with Gasteiger partial charge >= 0.3 is 0 Å². The number of ether oxygens (including phenoxy) is 2. The van der Waals surface area contributed by atoms with Gasteiger partial charge in [0.25, 0.3) is 5.91 Å². The molecule has 2 heterocycles. The zero-order valence-electron chi connectivity index (χ0n) is 13.5. The predicted octanol–water partition coefficient (Wildman–Crippen LogP) is 2.77. The summed E-state index contributed by atoms with van der Waals surface area (Å²) in [6, 6.07) is 7.61. The first kappa shape index (κ1) is 16.1. The molecule has 5 nitrogen and oxygen atoms in total. The van der Waals surface area contributed by atoms with E-state index in [9.17, 15) is 4.79 Å². The van der Waals surface area contributed by atoms with Gasteiger partial charge in [-0.25, -0.2) is 0 Å². The maximum absolute atomic E-state index is 12.2. The van der Waals surface area contributed by atoms with Gasteiger partial charge < -0.3 is 14.4 Å². The van der Waals surface area contributed by atoms with Gasteiger partial charge in [0.1, 0.15) is 5.75 Å². The molecule has 1 amide bonds. The molecule has 0 unspecified atom stereocenters. The van der Waals surface area contributed by atoms with Gasteiger partial charge in [-0.1, -0.05) is 12.1 Å². The molecule has 0 radical (unpaired) electrons. The second-order valence-corrected chi connectivity index (χ2v) is 6.75. The van der Waals surface area contributed by atoms with Crippen molar-refractivity contribution in [2.75, 3.05) is 20.2 Å². The molecule has 23 heavy (non-hydrogen) atoms. The zero-order valence-corrected chi connectivity index (χ0v) is 14.3. The molecule has 2 aliphatic heterocycles. The number of benzene rings is 1. The van der Waals surface area contributed by atoms with E-state index >= 15 is 0 Å². The molecule has 2 aliphatic rings. The average Bonchev–Trinajstić information content (AvgIpc) is 2.88. The number of nitrogens with zero attached hydrogens (tertiary/aromatic N) is 2. The Bertz CT molecular complexity index is 644. The Labute approximate surface area is 140 Å². The predicted molar refractivity (Wildman–Crippen MR) is 92.6 cm³/mol. The summed E-state index contributed by atoms with van der Waals surface area (Å²) in [6.45, 7) is 5.61. The standard InChI is InChI=1S/C17H20N2O3S/c1-11-9-19(10-12(2)22-11)17-18-16(20)15(23-17)8-13-4-6-14(21-3)7-5-13/h4-8,11-12H,9-10H2,1-3H3/b15-8+/t11-,12-/m1/s1. The molecule has 2 atom stereocenters. The molecule has 1 saturated heterocycles. The molecule has 1 aromatic rings. The van der Waals surface area contributed by atoms with Crippen molar-refractivity contribution in [1.29, 1.82) is 0 Å². The second-order valence-electron chi connectivity index (χ2n) is 5.75. The van der Waals surface area contributed by atoms with Crippen LogP contribution in [-0.4, -0.2) is 48.4 Å². The monoisotopic (exact) mass is 332 g/mol. The first-order chi connectivity index (χ1) is 11.0. The summed E-state index contributed by atoms with van der Waals surface area (Å²) in [7, 11) is 1.63. The summed E-state index contributed by atoms with van der Waals surface area (Å²) in [6.07, 6.45) is 2.16. The van der Waals surface area contributed by atoms with Gasteiger partial charge in [-0.2, -0.15) is 4.99 Å². The van der Waals surface area contributed by atoms with Crippen LogP contribution in [0.4, 0.5) is 0 Å². The minimum Gasteiger partial charge on any atom is -0.497 e. The van der Waals surface area contributed by atoms with Gasteiger partial charge in [-0.15, -0.1) is 0 Å². The number of methoxy groups -OCH3 is 1. The highest BCUT2D eigenvalue weighted by atomic mass is 32.2. The molecule has 0 aliphatic carbocycles. The summed E-state index contributed by atoms with van der Waals surface area (Å²) in [4.78, 5) is 19.2. The third kappa shape index (κ3) is 3.76. The van der Waals surface area contributed by atoms with Gasteiger partial charge in [0, 0.05) is 13.1 Å². The molecule has 122 valence electrons. The molecule has 6 heteroatoms. The van der Waals surface area contributed by atoms with Crippen molar-refractivity contribution in [3.8, 4) is 5.75 Å². The third-order valence-corrected chi connectivity index (χ3v) is 4.76. The lowest BCUT2D eigenvalue weighted by molar-refractivity contribution is -0.113. The number of hydrogen-bond donors (Lipinski definition) is 0. The fourth-order valence-electron chi connectivity index (χ4n) is 2.72. The minimum atomic E-state index is -0.174. The van der Waals surface area contributed by atoms with Gasteiger partial charge in [-0.3, -0.25) is 4.79 Å². The van der Waals surface area contributed by atoms with Crippen molar-refractivity contribution in [3.63, 3.8) is 0 Å². The molecular formula is C17H20N2O3S. The number of carbonyl (C=O) groups is 1. The number of amides is 1. The molecule has 0 saturated carbocycles. The van der Waals surface area contributed by atoms with Gasteiger partial charge in [0.2, 0.25) is 0 Å². The van der Waals surface area contributed by atoms with E-state index in [4.69, 9.17) is 9.47 Å². The van der Waals surface area contributed by atoms with E-state index in [1.807, 2.05) is 44.2 Å². The number of hydrogen-bond acceptors (Lipinski definition) is 5. The fourth-order valence-corrected chi connectivity index (χ4v) is 3.65. The summed E-state index contributed by atoms with van der Waals surface area (Å²) in [5.41, 5.74) is 0.960. The highest BCUT2D eigenvalue weighted by molar-refractivity contribution is 8.18. The Morgan fingerprint density at radius 3 is 2.52 bits per heavy atom. The number of aliphatic imine (C=N–C) groups is 1. The van der Waals surface area contributed by atoms with Crippen LogP contribution in [0.25, 0.3) is 6.08 Å². The Morgan fingerprint density at radius 2 is 1.91 bits per heavy atom. The van der Waals surface area contributed by atoms with Crippen LogP contribution in [0.1, 0.15) is 19.4 Å². The van der Waals surface area contributed by atoms with Crippen LogP contribution >= 0.6 is 11.8 Å². The maximum atomic E-state index is 12.2. The van der Waals surface area contributed by atoms with E-state index in [2.05, 4.69) is 9.89 Å². The second kappa shape index (κ2) is 6.76. The van der Waals surface area contributed by atoms with E-state index in [1.54, 1.807) is 7.11 Å². The quantitative estimate of drug-likeness (QED) is 0.780. The van der Waals surface area contributed by atoms with Gasteiger partial charge in [0.15, 0.2) is 5.17 Å². The number of rotatable bonds is 2. The van der Waals surface area contributed by atoms with Gasteiger partial charge in [-0.05, 0) is 49.4 Å². The molecule has 0 N–H and O–H groups in total. The van der Waals surface area contributed by atoms with Crippen molar-refractivity contribution < 1.29 is 14.3 Å². The molecule has 1 aromatic carbocycles. The lowest BCUT2D eigenvalue weighted by Gasteiger charge is -2.35. The third-order valence-electron chi connectivity index (χ3n) is 3.71. The number of morpholine rings is 1. The molecule has 3 rings (SSSR count). The van der Waals surface area contributed by atoms with E-state index in [-0.39, 0.29) is 18.1 Å². The van der Waals surface area contributed by atoms with E-state index in [0.29, 0.717) is 4.91 Å². The van der Waals surface area contributed by atoms with E-state index < -0.39 is 0 Å². The topological polar surface area (TPSA) is 51.1 Å². The van der Waals surface area contributed by atoms with Crippen LogP contribution in [0.5, 0.6) is 5.75 Å². The Morgan fingerprint density at radius 1 is 1.26 bits per heavy atom. The Balaban J connectivity index is 1.72. The zero-order chi connectivity index (χ0) is 16.4. The van der Waals surface area contributed by atoms with Crippen LogP contribution in [0.15, 0.2) is 34.2 Å². The van der Waals surface area contributed by atoms with Crippen LogP contribution in [0.2, 0.25) is 0 Å². The molecule has 0 bridgehead atoms. The lowest BCUT2D eigenvalue weighted by atomic mass is 10.2. The SMILES string of the molecule is COc1ccc(/C=C2/SC(N3C[C@@H](C)O[C@H](C)C3)=NC2=O)cc1. The van der Waals surface area contributed by atoms with Crippen molar-refractivity contribution in [3.05, 3.63) is 34.7 Å². The molecule has 0 aromatic heterocycles. The molecule has 0 spiro atoms. The highest BCUT2D eigenvalue weighted by Crippen LogP contribution is 2.31. The van der Waals surface area contributed by atoms with Crippen LogP contribution in [0, 0.1) is 0 Å². The Kier molecular flexibility index (Phi) is 4.73. The van der Waals surface area contributed by atoms with Crippen LogP contribution < -0.4 is 4.74 Å². The Hall–Kier alpha value is -1.79. The smallest absolute Gasteiger partial charge is 0.286 e. The summed E-state index contributed by atoms with van der Waals surface area (Å²) >= 11 is 1.43.